The molecule has 2 heterocycles. The molecule has 0 aromatic carbocycles. The van der Waals surface area contributed by atoms with Crippen LogP contribution in [0.4, 0.5) is 0 Å². The minimum absolute atomic E-state index is 0.413. The smallest absolute Gasteiger partial charge is 0.345 e. The first-order valence-electron chi connectivity index (χ1n) is 5.84. The highest BCUT2D eigenvalue weighted by atomic mass is 79.9. The lowest BCUT2D eigenvalue weighted by Gasteiger charge is -2.03. The molecule has 0 fully saturated rings. The van der Waals surface area contributed by atoms with E-state index in [-0.39, 0.29) is 0 Å². The van der Waals surface area contributed by atoms with Gasteiger partial charge in [0.15, 0.2) is 0 Å². The Kier molecular flexibility index (Phi) is 5.15. The van der Waals surface area contributed by atoms with Crippen LogP contribution in [0.5, 0.6) is 0 Å². The summed E-state index contributed by atoms with van der Waals surface area (Å²) in [5, 5.41) is 12.3. The Morgan fingerprint density at radius 3 is 2.79 bits per heavy atom. The van der Waals surface area contributed by atoms with Crippen molar-refractivity contribution in [3.63, 3.8) is 0 Å². The molecule has 102 valence electrons. The van der Waals surface area contributed by atoms with Crippen LogP contribution in [0.25, 0.3) is 0 Å². The lowest BCUT2D eigenvalue weighted by Crippen LogP contribution is -2.16. The maximum absolute atomic E-state index is 10.9. The summed E-state index contributed by atoms with van der Waals surface area (Å²) in [6.45, 7) is 3.58. The maximum atomic E-state index is 10.9. The lowest BCUT2D eigenvalue weighted by molar-refractivity contribution is 0.0702. The summed E-state index contributed by atoms with van der Waals surface area (Å²) in [6, 6.07) is 5.94. The fourth-order valence-electron chi connectivity index (χ4n) is 1.72. The van der Waals surface area contributed by atoms with Crippen molar-refractivity contribution in [3.05, 3.63) is 42.2 Å². The topological polar surface area (TPSA) is 49.3 Å². The van der Waals surface area contributed by atoms with Crippen LogP contribution in [-0.4, -0.2) is 17.6 Å². The van der Waals surface area contributed by atoms with Crippen LogP contribution < -0.4 is 5.32 Å². The zero-order chi connectivity index (χ0) is 13.8. The van der Waals surface area contributed by atoms with Crippen LogP contribution in [0.2, 0.25) is 0 Å². The number of thiophene rings is 2. The molecule has 0 bridgehead atoms. The molecule has 3 nitrogen and oxygen atoms in total. The molecule has 0 atom stereocenters. The summed E-state index contributed by atoms with van der Waals surface area (Å²) in [5.74, 6) is -0.845. The van der Waals surface area contributed by atoms with Crippen molar-refractivity contribution in [2.24, 2.45) is 0 Å². The van der Waals surface area contributed by atoms with E-state index in [4.69, 9.17) is 5.11 Å². The molecular weight excluding hydrogens is 346 g/mol. The van der Waals surface area contributed by atoms with E-state index < -0.39 is 5.97 Å². The Labute approximate surface area is 128 Å². The largest absolute Gasteiger partial charge is 0.477 e. The van der Waals surface area contributed by atoms with Crippen LogP contribution >= 0.6 is 38.6 Å². The summed E-state index contributed by atoms with van der Waals surface area (Å²) in [7, 11) is 0. The predicted octanol–water partition coefficient (Wildman–Crippen LogP) is 3.91. The van der Waals surface area contributed by atoms with Crippen molar-refractivity contribution in [1.29, 1.82) is 0 Å². The summed E-state index contributed by atoms with van der Waals surface area (Å²) < 4.78 is 1.15. The summed E-state index contributed by atoms with van der Waals surface area (Å²) in [6.07, 6.45) is 0.991. The Balaban J connectivity index is 1.81. The standard InChI is InChI=1S/C13H14BrNO2S2/c1-8-9(6-11(18-8)13(16)17)7-15-5-4-10-2-3-12(14)19-10/h2-3,6,15H,4-5,7H2,1H3,(H,16,17). The van der Waals surface area contributed by atoms with Crippen molar-refractivity contribution in [3.8, 4) is 0 Å². The van der Waals surface area contributed by atoms with E-state index in [1.807, 2.05) is 6.92 Å². The van der Waals surface area contributed by atoms with Gasteiger partial charge in [-0.15, -0.1) is 22.7 Å². The Hall–Kier alpha value is -0.690. The molecule has 2 aromatic rings. The van der Waals surface area contributed by atoms with Gasteiger partial charge in [0.1, 0.15) is 4.88 Å². The SMILES string of the molecule is Cc1sc(C(=O)O)cc1CNCCc1ccc(Br)s1. The van der Waals surface area contributed by atoms with Crippen LogP contribution in [0.1, 0.15) is 25.0 Å². The van der Waals surface area contributed by atoms with Crippen molar-refractivity contribution in [2.45, 2.75) is 19.9 Å². The van der Waals surface area contributed by atoms with Gasteiger partial charge in [-0.2, -0.15) is 0 Å². The molecular formula is C13H14BrNO2S2. The normalized spacial score (nSPS) is 10.8. The first-order chi connectivity index (χ1) is 9.06. The number of aromatic carboxylic acids is 1. The Bertz CT molecular complexity index is 577. The highest BCUT2D eigenvalue weighted by Crippen LogP contribution is 2.23. The lowest BCUT2D eigenvalue weighted by atomic mass is 10.2. The van der Waals surface area contributed by atoms with E-state index >= 15 is 0 Å². The van der Waals surface area contributed by atoms with Crippen LogP contribution in [-0.2, 0) is 13.0 Å². The van der Waals surface area contributed by atoms with Gasteiger partial charge >= 0.3 is 5.97 Å². The van der Waals surface area contributed by atoms with E-state index in [0.717, 1.165) is 33.7 Å². The Morgan fingerprint density at radius 1 is 1.42 bits per heavy atom. The molecule has 6 heteroatoms. The molecule has 2 rings (SSSR count). The van der Waals surface area contributed by atoms with Gasteiger partial charge in [0.25, 0.3) is 0 Å². The second-order valence-electron chi connectivity index (χ2n) is 4.13. The predicted molar refractivity (Wildman–Crippen MR) is 83.4 cm³/mol. The van der Waals surface area contributed by atoms with Gasteiger partial charge in [-0.1, -0.05) is 0 Å². The average Bonchev–Trinajstić information content (AvgIpc) is 2.92. The van der Waals surface area contributed by atoms with Gasteiger partial charge in [0, 0.05) is 22.8 Å². The third-order valence-electron chi connectivity index (χ3n) is 2.72. The molecule has 0 aliphatic rings. The summed E-state index contributed by atoms with van der Waals surface area (Å²) >= 11 is 6.53. The van der Waals surface area contributed by atoms with Gasteiger partial charge < -0.3 is 10.4 Å². The van der Waals surface area contributed by atoms with Crippen molar-refractivity contribution in [2.75, 3.05) is 6.54 Å². The zero-order valence-electron chi connectivity index (χ0n) is 10.4. The van der Waals surface area contributed by atoms with E-state index in [9.17, 15) is 4.79 Å². The molecule has 0 aliphatic carbocycles. The molecule has 0 amide bonds. The molecule has 0 saturated carbocycles. The minimum atomic E-state index is -0.845. The third-order valence-corrected chi connectivity index (χ3v) is 5.49. The fraction of sp³-hybridized carbons (Fsp3) is 0.308. The van der Waals surface area contributed by atoms with Gasteiger partial charge in [-0.3, -0.25) is 0 Å². The quantitative estimate of drug-likeness (QED) is 0.768. The number of nitrogens with one attached hydrogen (secondary N) is 1. The van der Waals surface area contributed by atoms with E-state index in [1.165, 1.54) is 16.2 Å². The molecule has 2 N–H and O–H groups in total. The second kappa shape index (κ2) is 6.65. The number of carboxylic acids is 1. The Morgan fingerprint density at radius 2 is 2.21 bits per heavy atom. The van der Waals surface area contributed by atoms with Gasteiger partial charge in [-0.25, -0.2) is 4.79 Å². The first-order valence-corrected chi connectivity index (χ1v) is 8.26. The van der Waals surface area contributed by atoms with Crippen molar-refractivity contribution >= 4 is 44.6 Å². The molecule has 19 heavy (non-hydrogen) atoms. The number of aryl methyl sites for hydroxylation is 1. The van der Waals surface area contributed by atoms with Crippen molar-refractivity contribution < 1.29 is 9.90 Å². The highest BCUT2D eigenvalue weighted by Gasteiger charge is 2.10. The summed E-state index contributed by atoms with van der Waals surface area (Å²) in [4.78, 5) is 13.7. The van der Waals surface area contributed by atoms with Gasteiger partial charge in [0.05, 0.1) is 3.79 Å². The molecule has 0 saturated heterocycles. The number of carbonyl (C=O) groups is 1. The zero-order valence-corrected chi connectivity index (χ0v) is 13.6. The minimum Gasteiger partial charge on any atom is -0.477 e. The third kappa shape index (κ3) is 4.14. The molecule has 0 spiro atoms. The first kappa shape index (κ1) is 14.7. The number of hydrogen-bond acceptors (Lipinski definition) is 4. The number of hydrogen-bond donors (Lipinski definition) is 2. The second-order valence-corrected chi connectivity index (χ2v) is 7.93. The van der Waals surface area contributed by atoms with Crippen LogP contribution in [0.15, 0.2) is 22.0 Å². The molecule has 2 aromatic heterocycles. The highest BCUT2D eigenvalue weighted by molar-refractivity contribution is 9.11. The van der Waals surface area contributed by atoms with E-state index in [1.54, 1.807) is 17.4 Å². The van der Waals surface area contributed by atoms with Crippen LogP contribution in [0.3, 0.4) is 0 Å². The number of carboxylic acid groups (broad SMARTS) is 1. The average molecular weight is 360 g/mol. The number of halogens is 1. The fourth-order valence-corrected chi connectivity index (χ4v) is 4.08. The van der Waals surface area contributed by atoms with Crippen LogP contribution in [0, 0.1) is 6.92 Å². The molecule has 0 unspecified atom stereocenters. The van der Waals surface area contributed by atoms with Gasteiger partial charge in [-0.05, 0) is 53.0 Å². The number of rotatable bonds is 6. The summed E-state index contributed by atoms with van der Waals surface area (Å²) in [5.41, 5.74) is 1.08. The molecule has 0 radical (unpaired) electrons. The monoisotopic (exact) mass is 359 g/mol. The van der Waals surface area contributed by atoms with Gasteiger partial charge in [0.2, 0.25) is 0 Å². The van der Waals surface area contributed by atoms with E-state index in [0.29, 0.717) is 4.88 Å². The van der Waals surface area contributed by atoms with E-state index in [2.05, 4.69) is 33.4 Å². The van der Waals surface area contributed by atoms with Crippen molar-refractivity contribution in [1.82, 2.24) is 5.32 Å². The maximum Gasteiger partial charge on any atom is 0.345 e. The molecule has 0 aliphatic heterocycles.